The number of alkyl halides is 1. The Bertz CT molecular complexity index is 298. The molecule has 0 bridgehead atoms. The van der Waals surface area contributed by atoms with E-state index in [9.17, 15) is 4.79 Å². The molecule has 1 amide bonds. The first-order valence-corrected chi connectivity index (χ1v) is 6.11. The summed E-state index contributed by atoms with van der Waals surface area (Å²) < 4.78 is 0. The second-order valence-corrected chi connectivity index (χ2v) is 4.22. The first-order valence-electron chi connectivity index (χ1n) is 4.70. The van der Waals surface area contributed by atoms with E-state index in [1.807, 2.05) is 11.4 Å². The molecule has 0 spiro atoms. The highest BCUT2D eigenvalue weighted by molar-refractivity contribution is 7.12. The summed E-state index contributed by atoms with van der Waals surface area (Å²) in [6.45, 7) is 2.71. The maximum Gasteiger partial charge on any atom is 0.261 e. The Morgan fingerprint density at radius 2 is 2.43 bits per heavy atom. The lowest BCUT2D eigenvalue weighted by Crippen LogP contribution is -2.24. The zero-order valence-corrected chi connectivity index (χ0v) is 9.75. The van der Waals surface area contributed by atoms with Gasteiger partial charge in [0.2, 0.25) is 0 Å². The molecular formula is C10H14ClNOS. The highest BCUT2D eigenvalue weighted by atomic mass is 35.5. The topological polar surface area (TPSA) is 29.1 Å². The third-order valence-corrected chi connectivity index (χ3v) is 3.15. The van der Waals surface area contributed by atoms with Gasteiger partial charge >= 0.3 is 0 Å². The molecule has 0 aromatic carbocycles. The van der Waals surface area contributed by atoms with Crippen LogP contribution in [0.2, 0.25) is 0 Å². The van der Waals surface area contributed by atoms with E-state index in [2.05, 4.69) is 12.2 Å². The third-order valence-electron chi connectivity index (χ3n) is 1.93. The molecule has 0 aliphatic rings. The Balaban J connectivity index is 2.51. The lowest BCUT2D eigenvalue weighted by molar-refractivity contribution is 0.0957. The van der Waals surface area contributed by atoms with Crippen LogP contribution in [-0.2, 0) is 6.42 Å². The van der Waals surface area contributed by atoms with Crippen LogP contribution in [0.3, 0.4) is 0 Å². The van der Waals surface area contributed by atoms with Gasteiger partial charge in [-0.25, -0.2) is 0 Å². The summed E-state index contributed by atoms with van der Waals surface area (Å²) in [6, 6.07) is 2.00. The van der Waals surface area contributed by atoms with Gasteiger partial charge in [-0.1, -0.05) is 6.92 Å². The van der Waals surface area contributed by atoms with E-state index in [0.717, 1.165) is 23.3 Å². The fourth-order valence-electron chi connectivity index (χ4n) is 1.16. The van der Waals surface area contributed by atoms with Gasteiger partial charge in [-0.05, 0) is 29.9 Å². The predicted molar refractivity (Wildman–Crippen MR) is 61.4 cm³/mol. The van der Waals surface area contributed by atoms with Crippen molar-refractivity contribution in [2.75, 3.05) is 12.4 Å². The molecule has 0 atom stereocenters. The summed E-state index contributed by atoms with van der Waals surface area (Å²) in [6.07, 6.45) is 1.72. The number of thiophene rings is 1. The van der Waals surface area contributed by atoms with Gasteiger partial charge in [0.05, 0.1) is 4.88 Å². The Morgan fingerprint density at radius 1 is 1.64 bits per heavy atom. The standard InChI is InChI=1S/C10H14ClNOS/c1-2-8-4-7-14-9(8)10(13)12-6-3-5-11/h4,7H,2-3,5-6H2,1H3,(H,12,13). The molecule has 0 aliphatic heterocycles. The lowest BCUT2D eigenvalue weighted by atomic mass is 10.2. The minimum atomic E-state index is 0.0296. The van der Waals surface area contributed by atoms with Crippen molar-refractivity contribution in [1.82, 2.24) is 5.32 Å². The van der Waals surface area contributed by atoms with Crippen LogP contribution in [0.15, 0.2) is 11.4 Å². The molecule has 1 aromatic rings. The molecule has 0 unspecified atom stereocenters. The predicted octanol–water partition coefficient (Wildman–Crippen LogP) is 2.67. The van der Waals surface area contributed by atoms with Crippen molar-refractivity contribution < 1.29 is 4.79 Å². The zero-order valence-electron chi connectivity index (χ0n) is 8.18. The quantitative estimate of drug-likeness (QED) is 0.613. The van der Waals surface area contributed by atoms with Crippen molar-refractivity contribution in [3.63, 3.8) is 0 Å². The van der Waals surface area contributed by atoms with Gasteiger partial charge in [0.25, 0.3) is 5.91 Å². The number of aryl methyl sites for hydroxylation is 1. The fourth-order valence-corrected chi connectivity index (χ4v) is 2.21. The van der Waals surface area contributed by atoms with E-state index in [1.54, 1.807) is 0 Å². The van der Waals surface area contributed by atoms with Gasteiger partial charge in [-0.3, -0.25) is 4.79 Å². The smallest absolute Gasteiger partial charge is 0.261 e. The number of hydrogen-bond acceptors (Lipinski definition) is 2. The molecule has 0 aliphatic carbocycles. The number of carbonyl (C=O) groups excluding carboxylic acids is 1. The summed E-state index contributed by atoms with van der Waals surface area (Å²) in [7, 11) is 0. The van der Waals surface area contributed by atoms with Gasteiger partial charge in [-0.15, -0.1) is 22.9 Å². The average molecular weight is 232 g/mol. The third kappa shape index (κ3) is 3.00. The second-order valence-electron chi connectivity index (χ2n) is 2.93. The first-order chi connectivity index (χ1) is 6.79. The van der Waals surface area contributed by atoms with Crippen LogP contribution in [0.5, 0.6) is 0 Å². The minimum absolute atomic E-state index is 0.0296. The Kier molecular flexibility index (Phi) is 4.98. The van der Waals surface area contributed by atoms with Crippen molar-refractivity contribution in [3.05, 3.63) is 21.9 Å². The van der Waals surface area contributed by atoms with E-state index in [1.165, 1.54) is 11.3 Å². The van der Waals surface area contributed by atoms with Crippen molar-refractivity contribution in [2.45, 2.75) is 19.8 Å². The molecule has 1 N–H and O–H groups in total. The molecule has 1 rings (SSSR count). The van der Waals surface area contributed by atoms with Crippen LogP contribution in [0, 0.1) is 0 Å². The highest BCUT2D eigenvalue weighted by Crippen LogP contribution is 2.16. The maximum atomic E-state index is 11.6. The molecule has 1 aromatic heterocycles. The molecule has 14 heavy (non-hydrogen) atoms. The van der Waals surface area contributed by atoms with Crippen molar-refractivity contribution in [1.29, 1.82) is 0 Å². The second kappa shape index (κ2) is 6.04. The van der Waals surface area contributed by atoms with Crippen molar-refractivity contribution in [3.8, 4) is 0 Å². The van der Waals surface area contributed by atoms with Crippen LogP contribution in [0.1, 0.15) is 28.6 Å². The summed E-state index contributed by atoms with van der Waals surface area (Å²) in [4.78, 5) is 12.5. The first kappa shape index (κ1) is 11.5. The van der Waals surface area contributed by atoms with Crippen LogP contribution >= 0.6 is 22.9 Å². The SMILES string of the molecule is CCc1ccsc1C(=O)NCCCCl. The molecular weight excluding hydrogens is 218 g/mol. The number of halogens is 1. The number of hydrogen-bond donors (Lipinski definition) is 1. The van der Waals surface area contributed by atoms with Crippen molar-refractivity contribution >= 4 is 28.8 Å². The molecule has 2 nitrogen and oxygen atoms in total. The monoisotopic (exact) mass is 231 g/mol. The zero-order chi connectivity index (χ0) is 10.4. The lowest BCUT2D eigenvalue weighted by Gasteiger charge is -2.03. The minimum Gasteiger partial charge on any atom is -0.351 e. The van der Waals surface area contributed by atoms with Gasteiger partial charge < -0.3 is 5.32 Å². The van der Waals surface area contributed by atoms with E-state index < -0.39 is 0 Å². The number of nitrogens with one attached hydrogen (secondary N) is 1. The Hall–Kier alpha value is -0.540. The molecule has 0 saturated carbocycles. The summed E-state index contributed by atoms with van der Waals surface area (Å²) in [5.41, 5.74) is 1.12. The summed E-state index contributed by atoms with van der Waals surface area (Å²) in [5, 5.41) is 4.80. The van der Waals surface area contributed by atoms with Gasteiger partial charge in [0.1, 0.15) is 0 Å². The summed E-state index contributed by atoms with van der Waals surface area (Å²) >= 11 is 7.01. The van der Waals surface area contributed by atoms with Gasteiger partial charge in [0, 0.05) is 12.4 Å². The van der Waals surface area contributed by atoms with E-state index >= 15 is 0 Å². The maximum absolute atomic E-state index is 11.6. The molecule has 0 saturated heterocycles. The fraction of sp³-hybridized carbons (Fsp3) is 0.500. The molecule has 0 radical (unpaired) electrons. The molecule has 1 heterocycles. The molecule has 4 heteroatoms. The van der Waals surface area contributed by atoms with Gasteiger partial charge in [0.15, 0.2) is 0 Å². The number of carbonyl (C=O) groups is 1. The van der Waals surface area contributed by atoms with E-state index in [-0.39, 0.29) is 5.91 Å². The average Bonchev–Trinajstić information content (AvgIpc) is 2.65. The summed E-state index contributed by atoms with van der Waals surface area (Å²) in [5.74, 6) is 0.618. The molecule has 78 valence electrons. The van der Waals surface area contributed by atoms with Crippen LogP contribution in [0.25, 0.3) is 0 Å². The normalized spacial score (nSPS) is 10.1. The van der Waals surface area contributed by atoms with Crippen molar-refractivity contribution in [2.24, 2.45) is 0 Å². The number of amides is 1. The van der Waals surface area contributed by atoms with E-state index in [4.69, 9.17) is 11.6 Å². The van der Waals surface area contributed by atoms with Crippen LogP contribution in [0.4, 0.5) is 0 Å². The van der Waals surface area contributed by atoms with Gasteiger partial charge in [-0.2, -0.15) is 0 Å². The van der Waals surface area contributed by atoms with E-state index in [0.29, 0.717) is 12.4 Å². The van der Waals surface area contributed by atoms with Crippen LogP contribution in [-0.4, -0.2) is 18.3 Å². The Labute approximate surface area is 93.3 Å². The number of rotatable bonds is 5. The largest absolute Gasteiger partial charge is 0.351 e. The van der Waals surface area contributed by atoms with Crippen LogP contribution < -0.4 is 5.32 Å². The Morgan fingerprint density at radius 3 is 3.07 bits per heavy atom. The highest BCUT2D eigenvalue weighted by Gasteiger charge is 2.10. The molecule has 0 fully saturated rings.